The zero-order chi connectivity index (χ0) is 9.41. The van der Waals surface area contributed by atoms with Gasteiger partial charge in [0, 0.05) is 6.26 Å². The van der Waals surface area contributed by atoms with Gasteiger partial charge in [-0.05, 0) is 0 Å². The van der Waals surface area contributed by atoms with Crippen molar-refractivity contribution in [2.45, 2.75) is 0 Å². The van der Waals surface area contributed by atoms with Gasteiger partial charge in [0.1, 0.15) is 15.3 Å². The highest BCUT2D eigenvalue weighted by atomic mass is 32.2. The summed E-state index contributed by atoms with van der Waals surface area (Å²) < 4.78 is 26.4. The van der Waals surface area contributed by atoms with Crippen molar-refractivity contribution in [3.63, 3.8) is 0 Å². The third-order valence-corrected chi connectivity index (χ3v) is 2.83. The first-order valence-corrected chi connectivity index (χ1v) is 5.41. The molecule has 0 atom stereocenters. The second-order valence-corrected chi connectivity index (χ2v) is 5.29. The van der Waals surface area contributed by atoms with Crippen LogP contribution in [-0.4, -0.2) is 44.7 Å². The minimum Gasteiger partial charge on any atom is -0.481 e. The maximum absolute atomic E-state index is 10.8. The van der Waals surface area contributed by atoms with Gasteiger partial charge in [-0.1, -0.05) is 0 Å². The smallest absolute Gasteiger partial charge is 0.315 e. The fourth-order valence-corrected chi connectivity index (χ4v) is 2.41. The molecule has 0 aromatic carbocycles. The first-order valence-electron chi connectivity index (χ1n) is 3.35. The van der Waals surface area contributed by atoms with Gasteiger partial charge in [0.15, 0.2) is 0 Å². The topological polar surface area (TPSA) is 80.7 Å². The number of carbonyl (C=O) groups is 1. The van der Waals surface area contributed by atoms with Gasteiger partial charge >= 0.3 is 5.97 Å². The van der Waals surface area contributed by atoms with E-state index < -0.39 is 21.2 Å². The molecule has 0 radical (unpaired) electrons. The zero-order valence-corrected chi connectivity index (χ0v) is 7.43. The van der Waals surface area contributed by atoms with E-state index >= 15 is 0 Å². The number of aliphatic carboxylic acids is 1. The number of hydrogen-bond acceptors (Lipinski definition) is 4. The fourth-order valence-electron chi connectivity index (χ4n) is 1.12. The first kappa shape index (κ1) is 9.47. The van der Waals surface area contributed by atoms with Crippen LogP contribution in [-0.2, 0) is 19.4 Å². The molecule has 1 heterocycles. The Balaban J connectivity index is 2.76. The Morgan fingerprint density at radius 3 is 2.17 bits per heavy atom. The molecule has 70 valence electrons. The number of carboxylic acid groups (broad SMARTS) is 1. The summed E-state index contributed by atoms with van der Waals surface area (Å²) in [6.07, 6.45) is 1.02. The fraction of sp³-hybridized carbons (Fsp3) is 0.833. The van der Waals surface area contributed by atoms with E-state index in [2.05, 4.69) is 0 Å². The summed E-state index contributed by atoms with van der Waals surface area (Å²) >= 11 is 0. The third-order valence-electron chi connectivity index (χ3n) is 1.75. The van der Waals surface area contributed by atoms with E-state index in [1.165, 1.54) is 0 Å². The average Bonchev–Trinajstić information content (AvgIpc) is 1.75. The quantitative estimate of drug-likeness (QED) is 0.631. The summed E-state index contributed by atoms with van der Waals surface area (Å²) in [6.45, 7) is -0.00912. The third kappa shape index (κ3) is 1.75. The van der Waals surface area contributed by atoms with Crippen LogP contribution < -0.4 is 0 Å². The lowest BCUT2D eigenvalue weighted by atomic mass is 9.89. The number of ether oxygens (including phenoxy) is 1. The monoisotopic (exact) mass is 194 g/mol. The summed E-state index contributed by atoms with van der Waals surface area (Å²) in [5, 5.41) is 8.70. The lowest BCUT2D eigenvalue weighted by Crippen LogP contribution is -2.53. The lowest BCUT2D eigenvalue weighted by molar-refractivity contribution is -0.174. The maximum Gasteiger partial charge on any atom is 0.315 e. The predicted octanol–water partition coefficient (Wildman–Crippen LogP) is -0.868. The Hall–Kier alpha value is -0.620. The molecule has 6 heteroatoms. The molecule has 5 nitrogen and oxygen atoms in total. The molecular formula is C6H10O5S. The van der Waals surface area contributed by atoms with Gasteiger partial charge in [0.2, 0.25) is 0 Å². The first-order chi connectivity index (χ1) is 5.36. The molecule has 0 aromatic rings. The number of rotatable bonds is 3. The van der Waals surface area contributed by atoms with E-state index in [-0.39, 0.29) is 19.0 Å². The van der Waals surface area contributed by atoms with Crippen LogP contribution in [0.15, 0.2) is 0 Å². The molecule has 0 amide bonds. The highest BCUT2D eigenvalue weighted by Gasteiger charge is 2.48. The van der Waals surface area contributed by atoms with E-state index in [0.29, 0.717) is 0 Å². The summed E-state index contributed by atoms with van der Waals surface area (Å²) in [7, 11) is -3.25. The van der Waals surface area contributed by atoms with Crippen LogP contribution >= 0.6 is 0 Å². The number of sulfone groups is 1. The lowest BCUT2D eigenvalue weighted by Gasteiger charge is -2.36. The van der Waals surface area contributed by atoms with Gasteiger partial charge in [-0.15, -0.1) is 0 Å². The molecule has 0 aromatic heterocycles. The van der Waals surface area contributed by atoms with Crippen LogP contribution in [0.3, 0.4) is 0 Å². The van der Waals surface area contributed by atoms with E-state index in [1.807, 2.05) is 0 Å². The van der Waals surface area contributed by atoms with Crippen LogP contribution in [0, 0.1) is 5.41 Å². The zero-order valence-electron chi connectivity index (χ0n) is 6.61. The second kappa shape index (κ2) is 2.70. The Bertz CT molecular complexity index is 287. The molecule has 0 bridgehead atoms. The van der Waals surface area contributed by atoms with Gasteiger partial charge < -0.3 is 9.84 Å². The van der Waals surface area contributed by atoms with Crippen LogP contribution in [0.25, 0.3) is 0 Å². The van der Waals surface area contributed by atoms with E-state index in [9.17, 15) is 13.2 Å². The van der Waals surface area contributed by atoms with Crippen molar-refractivity contribution < 1.29 is 23.1 Å². The molecular weight excluding hydrogens is 184 g/mol. The van der Waals surface area contributed by atoms with Crippen molar-refractivity contribution in [2.24, 2.45) is 5.41 Å². The molecule has 12 heavy (non-hydrogen) atoms. The summed E-state index contributed by atoms with van der Waals surface area (Å²) in [4.78, 5) is 10.6. The van der Waals surface area contributed by atoms with Gasteiger partial charge in [0.05, 0.1) is 19.0 Å². The molecule has 0 saturated carbocycles. The SMILES string of the molecule is CS(=O)(=O)CC1(C(=O)O)COC1. The highest BCUT2D eigenvalue weighted by molar-refractivity contribution is 7.90. The van der Waals surface area contributed by atoms with Gasteiger partial charge in [0.25, 0.3) is 0 Å². The standard InChI is InChI=1S/C6H10O5S/c1-12(9,10)4-6(5(7)8)2-11-3-6/h2-4H2,1H3,(H,7,8). The van der Waals surface area contributed by atoms with Crippen molar-refractivity contribution in [1.29, 1.82) is 0 Å². The molecule has 1 aliphatic heterocycles. The summed E-state index contributed by atoms with van der Waals surface area (Å²) in [6, 6.07) is 0. The van der Waals surface area contributed by atoms with Crippen molar-refractivity contribution in [1.82, 2.24) is 0 Å². The molecule has 0 spiro atoms. The summed E-state index contributed by atoms with van der Waals surface area (Å²) in [5.74, 6) is -1.44. The minimum absolute atomic E-state index is 0.00456. The van der Waals surface area contributed by atoms with E-state index in [0.717, 1.165) is 6.26 Å². The highest BCUT2D eigenvalue weighted by Crippen LogP contribution is 2.29. The van der Waals surface area contributed by atoms with Gasteiger partial charge in [-0.25, -0.2) is 8.42 Å². The van der Waals surface area contributed by atoms with E-state index in [1.54, 1.807) is 0 Å². The average molecular weight is 194 g/mol. The summed E-state index contributed by atoms with van der Waals surface area (Å²) in [5.41, 5.74) is -1.19. The molecule has 0 aliphatic carbocycles. The molecule has 0 unspecified atom stereocenters. The maximum atomic E-state index is 10.8. The van der Waals surface area contributed by atoms with Crippen molar-refractivity contribution >= 4 is 15.8 Å². The van der Waals surface area contributed by atoms with Crippen LogP contribution in [0.4, 0.5) is 0 Å². The molecule has 1 rings (SSSR count). The Morgan fingerprint density at radius 1 is 1.58 bits per heavy atom. The van der Waals surface area contributed by atoms with Crippen LogP contribution in [0.1, 0.15) is 0 Å². The van der Waals surface area contributed by atoms with Crippen LogP contribution in [0.5, 0.6) is 0 Å². The Morgan fingerprint density at radius 2 is 2.08 bits per heavy atom. The van der Waals surface area contributed by atoms with Gasteiger partial charge in [-0.2, -0.15) is 0 Å². The Kier molecular flexibility index (Phi) is 2.13. The van der Waals surface area contributed by atoms with Crippen molar-refractivity contribution in [3.8, 4) is 0 Å². The molecule has 1 N–H and O–H groups in total. The molecule has 1 fully saturated rings. The molecule has 1 aliphatic rings. The molecule has 1 saturated heterocycles. The number of carboxylic acids is 1. The van der Waals surface area contributed by atoms with Crippen LogP contribution in [0.2, 0.25) is 0 Å². The largest absolute Gasteiger partial charge is 0.481 e. The second-order valence-electron chi connectivity index (χ2n) is 3.15. The van der Waals surface area contributed by atoms with Gasteiger partial charge in [-0.3, -0.25) is 4.79 Å². The van der Waals surface area contributed by atoms with Crippen molar-refractivity contribution in [2.75, 3.05) is 25.2 Å². The minimum atomic E-state index is -3.25. The number of hydrogen-bond donors (Lipinski definition) is 1. The predicted molar refractivity (Wildman–Crippen MR) is 40.6 cm³/mol. The normalized spacial score (nSPS) is 21.4. The van der Waals surface area contributed by atoms with Crippen molar-refractivity contribution in [3.05, 3.63) is 0 Å². The Labute approximate surface area is 70.3 Å². The van der Waals surface area contributed by atoms with E-state index in [4.69, 9.17) is 9.84 Å².